The van der Waals surface area contributed by atoms with Crippen molar-refractivity contribution in [2.75, 3.05) is 19.0 Å². The van der Waals surface area contributed by atoms with E-state index in [9.17, 15) is 9.50 Å². The van der Waals surface area contributed by atoms with Crippen molar-refractivity contribution in [2.45, 2.75) is 6.10 Å². The first-order valence-corrected chi connectivity index (χ1v) is 6.49. The van der Waals surface area contributed by atoms with Crippen LogP contribution in [0.15, 0.2) is 42.5 Å². The first-order chi connectivity index (χ1) is 9.60. The third-order valence-corrected chi connectivity index (χ3v) is 3.16. The number of hydrogen-bond acceptors (Lipinski definition) is 3. The maximum Gasteiger partial charge on any atom is 0.144 e. The number of methoxy groups -OCH3 is 1. The van der Waals surface area contributed by atoms with Crippen molar-refractivity contribution in [1.29, 1.82) is 0 Å². The summed E-state index contributed by atoms with van der Waals surface area (Å²) in [4.78, 5) is 0. The van der Waals surface area contributed by atoms with Crippen molar-refractivity contribution in [2.24, 2.45) is 0 Å². The van der Waals surface area contributed by atoms with Gasteiger partial charge in [0, 0.05) is 17.6 Å². The number of hydrogen-bond donors (Lipinski definition) is 2. The van der Waals surface area contributed by atoms with Gasteiger partial charge in [0.1, 0.15) is 11.6 Å². The summed E-state index contributed by atoms with van der Waals surface area (Å²) in [6, 6.07) is 11.2. The molecule has 0 saturated carbocycles. The van der Waals surface area contributed by atoms with E-state index in [1.165, 1.54) is 19.2 Å². The monoisotopic (exact) mass is 295 g/mol. The summed E-state index contributed by atoms with van der Waals surface area (Å²) < 4.78 is 18.1. The lowest BCUT2D eigenvalue weighted by Crippen LogP contribution is -2.12. The molecule has 2 aromatic rings. The maximum absolute atomic E-state index is 13.1. The molecule has 2 aromatic carbocycles. The number of aliphatic hydroxyl groups excluding tert-OH is 1. The molecular weight excluding hydrogens is 281 g/mol. The summed E-state index contributed by atoms with van der Waals surface area (Å²) in [5.74, 6) is 0.0268. The summed E-state index contributed by atoms with van der Waals surface area (Å²) in [6.07, 6.45) is -0.693. The molecule has 0 fully saturated rings. The summed E-state index contributed by atoms with van der Waals surface area (Å²) >= 11 is 5.79. The van der Waals surface area contributed by atoms with Gasteiger partial charge < -0.3 is 15.2 Å². The third kappa shape index (κ3) is 3.62. The molecule has 5 heteroatoms. The Morgan fingerprint density at radius 2 is 1.95 bits per heavy atom. The van der Waals surface area contributed by atoms with E-state index in [0.29, 0.717) is 16.5 Å². The molecule has 2 N–H and O–H groups in total. The quantitative estimate of drug-likeness (QED) is 0.885. The van der Waals surface area contributed by atoms with E-state index in [1.54, 1.807) is 30.3 Å². The highest BCUT2D eigenvalue weighted by atomic mass is 35.5. The molecule has 1 unspecified atom stereocenters. The van der Waals surface area contributed by atoms with Gasteiger partial charge in [-0.15, -0.1) is 0 Å². The minimum Gasteiger partial charge on any atom is -0.494 e. The predicted molar refractivity (Wildman–Crippen MR) is 77.9 cm³/mol. The molecule has 20 heavy (non-hydrogen) atoms. The lowest BCUT2D eigenvalue weighted by molar-refractivity contribution is 0.191. The first kappa shape index (κ1) is 14.6. The number of rotatable bonds is 5. The van der Waals surface area contributed by atoms with Crippen LogP contribution in [0, 0.1) is 5.82 Å². The lowest BCUT2D eigenvalue weighted by atomic mass is 10.1. The van der Waals surface area contributed by atoms with E-state index in [1.807, 2.05) is 0 Å². The largest absolute Gasteiger partial charge is 0.494 e. The second-order valence-electron chi connectivity index (χ2n) is 4.29. The smallest absolute Gasteiger partial charge is 0.144 e. The average molecular weight is 296 g/mol. The van der Waals surface area contributed by atoms with E-state index in [-0.39, 0.29) is 12.4 Å². The highest BCUT2D eigenvalue weighted by Crippen LogP contribution is 2.26. The van der Waals surface area contributed by atoms with Crippen molar-refractivity contribution >= 4 is 17.3 Å². The van der Waals surface area contributed by atoms with E-state index in [4.69, 9.17) is 16.3 Å². The van der Waals surface area contributed by atoms with Gasteiger partial charge in [-0.25, -0.2) is 4.39 Å². The first-order valence-electron chi connectivity index (χ1n) is 6.11. The van der Waals surface area contributed by atoms with Crippen LogP contribution in [-0.2, 0) is 0 Å². The van der Waals surface area contributed by atoms with Crippen molar-refractivity contribution < 1.29 is 14.2 Å². The van der Waals surface area contributed by atoms with Gasteiger partial charge in [0.05, 0.1) is 18.9 Å². The molecule has 106 valence electrons. The fraction of sp³-hybridized carbons (Fsp3) is 0.200. The molecule has 3 nitrogen and oxygen atoms in total. The van der Waals surface area contributed by atoms with Gasteiger partial charge in [-0.3, -0.25) is 0 Å². The van der Waals surface area contributed by atoms with Crippen LogP contribution in [0.3, 0.4) is 0 Å². The maximum atomic E-state index is 13.1. The standard InChI is InChI=1S/C15H15ClFNO2/c1-20-15-8-12(17)6-7-13(15)18-9-14(19)10-2-4-11(16)5-3-10/h2-8,14,18-19H,9H2,1H3. The Kier molecular flexibility index (Phi) is 4.82. The molecule has 0 aliphatic rings. The average Bonchev–Trinajstić information content (AvgIpc) is 2.46. The van der Waals surface area contributed by atoms with Crippen LogP contribution < -0.4 is 10.1 Å². The SMILES string of the molecule is COc1cc(F)ccc1NCC(O)c1ccc(Cl)cc1. The molecule has 0 aliphatic carbocycles. The minimum absolute atomic E-state index is 0.281. The number of aliphatic hydroxyl groups is 1. The Morgan fingerprint density at radius 1 is 1.25 bits per heavy atom. The summed E-state index contributed by atoms with van der Waals surface area (Å²) in [5.41, 5.74) is 1.38. The molecule has 0 bridgehead atoms. The highest BCUT2D eigenvalue weighted by Gasteiger charge is 2.09. The molecule has 2 rings (SSSR count). The van der Waals surface area contributed by atoms with Crippen LogP contribution in [0.2, 0.25) is 5.02 Å². The van der Waals surface area contributed by atoms with Gasteiger partial charge in [0.25, 0.3) is 0 Å². The Morgan fingerprint density at radius 3 is 2.60 bits per heavy atom. The fourth-order valence-corrected chi connectivity index (χ4v) is 1.95. The van der Waals surface area contributed by atoms with Gasteiger partial charge in [-0.05, 0) is 29.8 Å². The molecule has 0 radical (unpaired) electrons. The molecule has 0 spiro atoms. The molecular formula is C15H15ClFNO2. The van der Waals surface area contributed by atoms with E-state index >= 15 is 0 Å². The Balaban J connectivity index is 2.03. The zero-order valence-corrected chi connectivity index (χ0v) is 11.7. The predicted octanol–water partition coefficient (Wildman–Crippen LogP) is 3.63. The Bertz CT molecular complexity index is 575. The van der Waals surface area contributed by atoms with Gasteiger partial charge in [-0.1, -0.05) is 23.7 Å². The van der Waals surface area contributed by atoms with Crippen molar-refractivity contribution in [3.05, 3.63) is 58.9 Å². The van der Waals surface area contributed by atoms with Crippen LogP contribution in [0.4, 0.5) is 10.1 Å². The van der Waals surface area contributed by atoms with Crippen molar-refractivity contribution in [3.8, 4) is 5.75 Å². The lowest BCUT2D eigenvalue weighted by Gasteiger charge is -2.15. The van der Waals surface area contributed by atoms with Gasteiger partial charge in [0.15, 0.2) is 0 Å². The molecule has 0 heterocycles. The second kappa shape index (κ2) is 6.59. The van der Waals surface area contributed by atoms with Gasteiger partial charge >= 0.3 is 0 Å². The molecule has 1 atom stereocenters. The molecule has 0 saturated heterocycles. The van der Waals surface area contributed by atoms with Crippen LogP contribution in [0.1, 0.15) is 11.7 Å². The highest BCUT2D eigenvalue weighted by molar-refractivity contribution is 6.30. The van der Waals surface area contributed by atoms with Gasteiger partial charge in [-0.2, -0.15) is 0 Å². The van der Waals surface area contributed by atoms with E-state index < -0.39 is 6.10 Å². The van der Waals surface area contributed by atoms with Crippen LogP contribution in [0.25, 0.3) is 0 Å². The molecule has 0 amide bonds. The Hall–Kier alpha value is -1.78. The topological polar surface area (TPSA) is 41.5 Å². The Labute approximate surface area is 122 Å². The number of benzene rings is 2. The van der Waals surface area contributed by atoms with Crippen molar-refractivity contribution in [3.63, 3.8) is 0 Å². The fourth-order valence-electron chi connectivity index (χ4n) is 1.82. The number of halogens is 2. The van der Waals surface area contributed by atoms with Crippen molar-refractivity contribution in [1.82, 2.24) is 0 Å². The van der Waals surface area contributed by atoms with Crippen LogP contribution >= 0.6 is 11.6 Å². The minimum atomic E-state index is -0.693. The van der Waals surface area contributed by atoms with Crippen LogP contribution in [-0.4, -0.2) is 18.8 Å². The van der Waals surface area contributed by atoms with Crippen LogP contribution in [0.5, 0.6) is 5.75 Å². The summed E-state index contributed by atoms with van der Waals surface area (Å²) in [6.45, 7) is 0.281. The normalized spacial score (nSPS) is 12.0. The van der Waals surface area contributed by atoms with E-state index in [2.05, 4.69) is 5.32 Å². The second-order valence-corrected chi connectivity index (χ2v) is 4.73. The molecule has 0 aromatic heterocycles. The zero-order valence-electron chi connectivity index (χ0n) is 10.9. The summed E-state index contributed by atoms with van der Waals surface area (Å²) in [5, 5.41) is 13.7. The number of ether oxygens (including phenoxy) is 1. The summed E-state index contributed by atoms with van der Waals surface area (Å²) in [7, 11) is 1.47. The van der Waals surface area contributed by atoms with Gasteiger partial charge in [0.2, 0.25) is 0 Å². The number of anilines is 1. The van der Waals surface area contributed by atoms with E-state index in [0.717, 1.165) is 5.56 Å². The molecule has 0 aliphatic heterocycles. The zero-order chi connectivity index (χ0) is 14.5. The number of nitrogens with one attached hydrogen (secondary N) is 1. The third-order valence-electron chi connectivity index (χ3n) is 2.90.